The standard InChI is InChI=1S/C15H15ClN2O/c1-2-5-10-8-14(16)18-15(17-10)12-9-19-13-7-4-3-6-11(12)13/h3-4,6-8,12H,2,5,9H2,1H3. The van der Waals surface area contributed by atoms with Crippen LogP contribution in [0.5, 0.6) is 5.75 Å². The number of hydrogen-bond acceptors (Lipinski definition) is 3. The summed E-state index contributed by atoms with van der Waals surface area (Å²) >= 11 is 6.10. The highest BCUT2D eigenvalue weighted by atomic mass is 35.5. The molecule has 0 radical (unpaired) electrons. The molecule has 0 aliphatic carbocycles. The number of aryl methyl sites for hydroxylation is 1. The molecule has 1 atom stereocenters. The lowest BCUT2D eigenvalue weighted by Gasteiger charge is -2.09. The van der Waals surface area contributed by atoms with Gasteiger partial charge in [-0.3, -0.25) is 0 Å². The van der Waals surface area contributed by atoms with E-state index in [0.29, 0.717) is 11.8 Å². The third-order valence-corrected chi connectivity index (χ3v) is 3.48. The van der Waals surface area contributed by atoms with E-state index < -0.39 is 0 Å². The van der Waals surface area contributed by atoms with Gasteiger partial charge in [0.15, 0.2) is 0 Å². The number of nitrogens with zero attached hydrogens (tertiary/aromatic N) is 2. The average Bonchev–Trinajstić information content (AvgIpc) is 2.82. The summed E-state index contributed by atoms with van der Waals surface area (Å²) in [5, 5.41) is 0.512. The number of benzene rings is 1. The van der Waals surface area contributed by atoms with Crippen molar-refractivity contribution in [2.24, 2.45) is 0 Å². The minimum atomic E-state index is 0.0884. The summed E-state index contributed by atoms with van der Waals surface area (Å²) in [6.07, 6.45) is 1.97. The Morgan fingerprint density at radius 3 is 3.00 bits per heavy atom. The van der Waals surface area contributed by atoms with Crippen molar-refractivity contribution in [2.45, 2.75) is 25.7 Å². The van der Waals surface area contributed by atoms with Gasteiger partial charge in [0.1, 0.15) is 23.3 Å². The summed E-state index contributed by atoms with van der Waals surface area (Å²) in [6, 6.07) is 9.88. The van der Waals surface area contributed by atoms with E-state index in [0.717, 1.165) is 35.7 Å². The van der Waals surface area contributed by atoms with Crippen LogP contribution in [0.4, 0.5) is 0 Å². The fourth-order valence-electron chi connectivity index (χ4n) is 2.40. The van der Waals surface area contributed by atoms with E-state index in [2.05, 4.69) is 23.0 Å². The summed E-state index contributed by atoms with van der Waals surface area (Å²) in [4.78, 5) is 9.00. The summed E-state index contributed by atoms with van der Waals surface area (Å²) in [7, 11) is 0. The van der Waals surface area contributed by atoms with E-state index >= 15 is 0 Å². The number of ether oxygens (including phenoxy) is 1. The molecule has 0 bridgehead atoms. The zero-order chi connectivity index (χ0) is 13.2. The second-order valence-electron chi connectivity index (χ2n) is 4.69. The number of aromatic nitrogens is 2. The summed E-state index contributed by atoms with van der Waals surface area (Å²) < 4.78 is 5.68. The first-order valence-electron chi connectivity index (χ1n) is 6.53. The van der Waals surface area contributed by atoms with E-state index in [9.17, 15) is 0 Å². The molecule has 0 saturated carbocycles. The second kappa shape index (κ2) is 5.17. The van der Waals surface area contributed by atoms with Crippen LogP contribution < -0.4 is 4.74 Å². The smallest absolute Gasteiger partial charge is 0.141 e. The van der Waals surface area contributed by atoms with Crippen LogP contribution >= 0.6 is 11.6 Å². The van der Waals surface area contributed by atoms with Crippen LogP contribution in [0.1, 0.15) is 36.3 Å². The molecule has 1 aliphatic rings. The predicted octanol–water partition coefficient (Wildman–Crippen LogP) is 3.61. The molecule has 3 nitrogen and oxygen atoms in total. The van der Waals surface area contributed by atoms with Gasteiger partial charge in [-0.2, -0.15) is 0 Å². The first-order chi connectivity index (χ1) is 9.28. The Labute approximate surface area is 117 Å². The molecular formula is C15H15ClN2O. The zero-order valence-corrected chi connectivity index (χ0v) is 11.5. The highest BCUT2D eigenvalue weighted by Crippen LogP contribution is 2.36. The first-order valence-corrected chi connectivity index (χ1v) is 6.91. The molecule has 1 unspecified atom stereocenters. The Bertz CT molecular complexity index is 600. The number of hydrogen-bond donors (Lipinski definition) is 0. The van der Waals surface area contributed by atoms with Gasteiger partial charge in [-0.05, 0) is 18.6 Å². The quantitative estimate of drug-likeness (QED) is 0.802. The molecule has 1 aromatic carbocycles. The predicted molar refractivity (Wildman–Crippen MR) is 74.8 cm³/mol. The first kappa shape index (κ1) is 12.4. The SMILES string of the molecule is CCCc1cc(Cl)nc(C2COc3ccccc32)n1. The van der Waals surface area contributed by atoms with Gasteiger partial charge in [-0.25, -0.2) is 9.97 Å². The van der Waals surface area contributed by atoms with Crippen molar-refractivity contribution in [1.29, 1.82) is 0 Å². The lowest BCUT2D eigenvalue weighted by Crippen LogP contribution is -2.09. The lowest BCUT2D eigenvalue weighted by molar-refractivity contribution is 0.339. The molecule has 1 aliphatic heterocycles. The molecule has 4 heteroatoms. The maximum absolute atomic E-state index is 6.10. The van der Waals surface area contributed by atoms with Crippen molar-refractivity contribution >= 4 is 11.6 Å². The highest BCUT2D eigenvalue weighted by Gasteiger charge is 2.28. The van der Waals surface area contributed by atoms with Crippen LogP contribution in [0.25, 0.3) is 0 Å². The molecule has 2 aromatic rings. The molecule has 98 valence electrons. The van der Waals surface area contributed by atoms with Gasteiger partial charge in [-0.1, -0.05) is 43.1 Å². The number of halogens is 1. The number of fused-ring (bicyclic) bond motifs is 1. The Morgan fingerprint density at radius 1 is 1.32 bits per heavy atom. The molecule has 0 N–H and O–H groups in total. The van der Waals surface area contributed by atoms with Crippen LogP contribution in [0.3, 0.4) is 0 Å². The summed E-state index contributed by atoms with van der Waals surface area (Å²) in [5.41, 5.74) is 2.15. The van der Waals surface area contributed by atoms with Gasteiger partial charge < -0.3 is 4.74 Å². The van der Waals surface area contributed by atoms with Crippen LogP contribution in [0, 0.1) is 0 Å². The highest BCUT2D eigenvalue weighted by molar-refractivity contribution is 6.29. The topological polar surface area (TPSA) is 35.0 Å². The molecule has 2 heterocycles. The van der Waals surface area contributed by atoms with Crippen molar-refractivity contribution in [3.05, 3.63) is 52.6 Å². The molecule has 0 fully saturated rings. The van der Waals surface area contributed by atoms with Crippen LogP contribution in [0.15, 0.2) is 30.3 Å². The van der Waals surface area contributed by atoms with Gasteiger partial charge in [-0.15, -0.1) is 0 Å². The van der Waals surface area contributed by atoms with Gasteiger partial charge in [0.2, 0.25) is 0 Å². The van der Waals surface area contributed by atoms with Gasteiger partial charge >= 0.3 is 0 Å². The van der Waals surface area contributed by atoms with E-state index in [-0.39, 0.29) is 5.92 Å². The van der Waals surface area contributed by atoms with Gasteiger partial charge in [0, 0.05) is 11.3 Å². The van der Waals surface area contributed by atoms with E-state index in [1.807, 2.05) is 24.3 Å². The molecule has 1 aromatic heterocycles. The number of para-hydroxylation sites is 1. The lowest BCUT2D eigenvalue weighted by atomic mass is 10.0. The summed E-state index contributed by atoms with van der Waals surface area (Å²) in [6.45, 7) is 2.72. The third-order valence-electron chi connectivity index (χ3n) is 3.28. The fourth-order valence-corrected chi connectivity index (χ4v) is 2.61. The fraction of sp³-hybridized carbons (Fsp3) is 0.333. The Balaban J connectivity index is 1.99. The Morgan fingerprint density at radius 2 is 2.16 bits per heavy atom. The van der Waals surface area contributed by atoms with Gasteiger partial charge in [0.05, 0.1) is 5.92 Å². The number of rotatable bonds is 3. The van der Waals surface area contributed by atoms with Crippen molar-refractivity contribution < 1.29 is 4.74 Å². The Hall–Kier alpha value is -1.61. The van der Waals surface area contributed by atoms with Crippen LogP contribution in [-0.2, 0) is 6.42 Å². The monoisotopic (exact) mass is 274 g/mol. The third kappa shape index (κ3) is 2.43. The van der Waals surface area contributed by atoms with Crippen molar-refractivity contribution in [3.63, 3.8) is 0 Å². The molecule has 0 amide bonds. The van der Waals surface area contributed by atoms with Crippen LogP contribution in [-0.4, -0.2) is 16.6 Å². The molecule has 19 heavy (non-hydrogen) atoms. The molecular weight excluding hydrogens is 260 g/mol. The molecule has 0 saturated heterocycles. The molecule has 3 rings (SSSR count). The Kier molecular flexibility index (Phi) is 3.38. The van der Waals surface area contributed by atoms with Gasteiger partial charge in [0.25, 0.3) is 0 Å². The van der Waals surface area contributed by atoms with E-state index in [1.165, 1.54) is 0 Å². The largest absolute Gasteiger partial charge is 0.492 e. The summed E-state index contributed by atoms with van der Waals surface area (Å²) in [5.74, 6) is 1.78. The minimum Gasteiger partial charge on any atom is -0.492 e. The van der Waals surface area contributed by atoms with E-state index in [4.69, 9.17) is 16.3 Å². The molecule has 0 spiro atoms. The minimum absolute atomic E-state index is 0.0884. The van der Waals surface area contributed by atoms with Crippen molar-refractivity contribution in [1.82, 2.24) is 9.97 Å². The maximum Gasteiger partial charge on any atom is 0.141 e. The maximum atomic E-state index is 6.10. The van der Waals surface area contributed by atoms with Crippen molar-refractivity contribution in [3.8, 4) is 5.75 Å². The zero-order valence-electron chi connectivity index (χ0n) is 10.8. The average molecular weight is 275 g/mol. The van der Waals surface area contributed by atoms with Crippen molar-refractivity contribution in [2.75, 3.05) is 6.61 Å². The van der Waals surface area contributed by atoms with E-state index in [1.54, 1.807) is 0 Å². The van der Waals surface area contributed by atoms with Crippen LogP contribution in [0.2, 0.25) is 5.15 Å². The second-order valence-corrected chi connectivity index (χ2v) is 5.08. The normalized spacial score (nSPS) is 17.1.